The monoisotopic (exact) mass is 225 g/mol. The average Bonchev–Trinajstić information content (AvgIpc) is 2.66. The molecule has 0 amide bonds. The summed E-state index contributed by atoms with van der Waals surface area (Å²) in [5.41, 5.74) is 3.29. The molecule has 17 heavy (non-hydrogen) atoms. The van der Waals surface area contributed by atoms with E-state index >= 15 is 0 Å². The number of hydrogen-bond donors (Lipinski definition) is 0. The van der Waals surface area contributed by atoms with Crippen LogP contribution in [0.2, 0.25) is 0 Å². The normalized spacial score (nSPS) is 10.9. The summed E-state index contributed by atoms with van der Waals surface area (Å²) in [6.07, 6.45) is 0. The summed E-state index contributed by atoms with van der Waals surface area (Å²) in [6, 6.07) is 16.9. The molecule has 0 spiro atoms. The van der Waals surface area contributed by atoms with Gasteiger partial charge in [-0.1, -0.05) is 18.2 Å². The molecule has 0 fully saturated rings. The van der Waals surface area contributed by atoms with E-state index in [4.69, 9.17) is 0 Å². The molecule has 0 unspecified atom stereocenters. The summed E-state index contributed by atoms with van der Waals surface area (Å²) in [5.74, 6) is -0.206. The van der Waals surface area contributed by atoms with E-state index < -0.39 is 0 Å². The molecule has 0 atom stereocenters. The standard InChI is InChI=1S/C15H12FN/c1-11-10-12-4-2-3-5-15(12)17(11)14-8-6-13(16)7-9-14/h2-10H,1H3. The van der Waals surface area contributed by atoms with Crippen molar-refractivity contribution in [2.45, 2.75) is 6.92 Å². The number of aryl methyl sites for hydroxylation is 1. The number of benzene rings is 2. The van der Waals surface area contributed by atoms with Gasteiger partial charge in [0, 0.05) is 16.8 Å². The molecule has 0 N–H and O–H groups in total. The fraction of sp³-hybridized carbons (Fsp3) is 0.0667. The van der Waals surface area contributed by atoms with Gasteiger partial charge in [-0.25, -0.2) is 4.39 Å². The smallest absolute Gasteiger partial charge is 0.123 e. The van der Waals surface area contributed by atoms with Gasteiger partial charge in [0.1, 0.15) is 5.82 Å². The van der Waals surface area contributed by atoms with Crippen LogP contribution in [0.15, 0.2) is 54.6 Å². The van der Waals surface area contributed by atoms with E-state index in [0.717, 1.165) is 16.9 Å². The first-order chi connectivity index (χ1) is 8.25. The lowest BCUT2D eigenvalue weighted by Gasteiger charge is -2.08. The van der Waals surface area contributed by atoms with E-state index in [1.54, 1.807) is 12.1 Å². The maximum Gasteiger partial charge on any atom is 0.123 e. The molecule has 2 aromatic carbocycles. The molecule has 84 valence electrons. The van der Waals surface area contributed by atoms with E-state index in [-0.39, 0.29) is 5.82 Å². The van der Waals surface area contributed by atoms with Crippen molar-refractivity contribution in [2.24, 2.45) is 0 Å². The lowest BCUT2D eigenvalue weighted by molar-refractivity contribution is 0.627. The van der Waals surface area contributed by atoms with Gasteiger partial charge in [-0.15, -0.1) is 0 Å². The molecule has 2 heteroatoms. The van der Waals surface area contributed by atoms with Gasteiger partial charge in [-0.2, -0.15) is 0 Å². The molecule has 0 aliphatic carbocycles. The third-order valence-corrected chi connectivity index (χ3v) is 2.98. The molecule has 0 saturated carbocycles. The Morgan fingerprint density at radius 3 is 2.41 bits per heavy atom. The number of halogens is 1. The zero-order valence-electron chi connectivity index (χ0n) is 9.52. The van der Waals surface area contributed by atoms with Gasteiger partial charge in [0.2, 0.25) is 0 Å². The highest BCUT2D eigenvalue weighted by Gasteiger charge is 2.06. The Bertz CT molecular complexity index is 665. The molecule has 1 nitrogen and oxygen atoms in total. The minimum Gasteiger partial charge on any atom is -0.314 e. The van der Waals surface area contributed by atoms with Gasteiger partial charge in [0.15, 0.2) is 0 Å². The van der Waals surface area contributed by atoms with Gasteiger partial charge in [-0.3, -0.25) is 0 Å². The average molecular weight is 225 g/mol. The van der Waals surface area contributed by atoms with E-state index in [2.05, 4.69) is 29.7 Å². The maximum atomic E-state index is 12.9. The first-order valence-electron chi connectivity index (χ1n) is 5.59. The third kappa shape index (κ3) is 1.62. The lowest BCUT2D eigenvalue weighted by atomic mass is 10.2. The fourth-order valence-electron chi connectivity index (χ4n) is 2.23. The second-order valence-electron chi connectivity index (χ2n) is 4.16. The zero-order chi connectivity index (χ0) is 11.8. The predicted molar refractivity (Wildman–Crippen MR) is 68.0 cm³/mol. The summed E-state index contributed by atoms with van der Waals surface area (Å²) in [5, 5.41) is 1.20. The van der Waals surface area contributed by atoms with Crippen LogP contribution in [0.1, 0.15) is 5.69 Å². The number of aromatic nitrogens is 1. The molecule has 0 radical (unpaired) electrons. The Kier molecular flexibility index (Phi) is 2.22. The van der Waals surface area contributed by atoms with Crippen molar-refractivity contribution in [2.75, 3.05) is 0 Å². The van der Waals surface area contributed by atoms with E-state index in [9.17, 15) is 4.39 Å². The second-order valence-corrected chi connectivity index (χ2v) is 4.16. The Hall–Kier alpha value is -2.09. The van der Waals surface area contributed by atoms with Crippen molar-refractivity contribution in [1.82, 2.24) is 4.57 Å². The minimum absolute atomic E-state index is 0.206. The van der Waals surface area contributed by atoms with Crippen LogP contribution >= 0.6 is 0 Å². The van der Waals surface area contributed by atoms with E-state index in [1.165, 1.54) is 17.5 Å². The van der Waals surface area contributed by atoms with Crippen molar-refractivity contribution in [1.29, 1.82) is 0 Å². The van der Waals surface area contributed by atoms with Crippen LogP contribution in [0.25, 0.3) is 16.6 Å². The van der Waals surface area contributed by atoms with Gasteiger partial charge >= 0.3 is 0 Å². The Morgan fingerprint density at radius 1 is 0.941 bits per heavy atom. The van der Waals surface area contributed by atoms with Crippen molar-refractivity contribution in [3.63, 3.8) is 0 Å². The van der Waals surface area contributed by atoms with Crippen LogP contribution in [0.4, 0.5) is 4.39 Å². The van der Waals surface area contributed by atoms with Crippen LogP contribution < -0.4 is 0 Å². The topological polar surface area (TPSA) is 4.93 Å². The first kappa shape index (κ1) is 10.1. The fourth-order valence-corrected chi connectivity index (χ4v) is 2.23. The summed E-state index contributed by atoms with van der Waals surface area (Å²) >= 11 is 0. The molecule has 3 rings (SSSR count). The molecule has 1 heterocycles. The van der Waals surface area contributed by atoms with Crippen LogP contribution in [0.5, 0.6) is 0 Å². The first-order valence-corrected chi connectivity index (χ1v) is 5.59. The number of nitrogens with zero attached hydrogens (tertiary/aromatic N) is 1. The van der Waals surface area contributed by atoms with Crippen molar-refractivity contribution in [3.8, 4) is 5.69 Å². The molecule has 1 aromatic heterocycles. The summed E-state index contributed by atoms with van der Waals surface area (Å²) < 4.78 is 15.1. The maximum absolute atomic E-state index is 12.9. The highest BCUT2D eigenvalue weighted by molar-refractivity contribution is 5.83. The van der Waals surface area contributed by atoms with Crippen LogP contribution in [0.3, 0.4) is 0 Å². The summed E-state index contributed by atoms with van der Waals surface area (Å²) in [6.45, 7) is 2.06. The minimum atomic E-state index is -0.206. The van der Waals surface area contributed by atoms with Crippen molar-refractivity contribution in [3.05, 3.63) is 66.1 Å². The van der Waals surface area contributed by atoms with E-state index in [0.29, 0.717) is 0 Å². The van der Waals surface area contributed by atoms with Crippen molar-refractivity contribution >= 4 is 10.9 Å². The summed E-state index contributed by atoms with van der Waals surface area (Å²) in [4.78, 5) is 0. The Morgan fingerprint density at radius 2 is 1.65 bits per heavy atom. The number of rotatable bonds is 1. The third-order valence-electron chi connectivity index (χ3n) is 2.98. The van der Waals surface area contributed by atoms with Crippen LogP contribution in [-0.4, -0.2) is 4.57 Å². The predicted octanol–water partition coefficient (Wildman–Crippen LogP) is 4.08. The van der Waals surface area contributed by atoms with Gasteiger partial charge < -0.3 is 4.57 Å². The molecule has 0 bridgehead atoms. The molecule has 0 aliphatic heterocycles. The van der Waals surface area contributed by atoms with Gasteiger partial charge in [0.05, 0.1) is 5.52 Å². The number of para-hydroxylation sites is 1. The molecule has 0 aliphatic rings. The SMILES string of the molecule is Cc1cc2ccccc2n1-c1ccc(F)cc1. The molecule has 0 saturated heterocycles. The zero-order valence-corrected chi connectivity index (χ0v) is 9.52. The molecular formula is C15H12FN. The quantitative estimate of drug-likeness (QED) is 0.588. The van der Waals surface area contributed by atoms with E-state index in [1.807, 2.05) is 12.1 Å². The lowest BCUT2D eigenvalue weighted by Crippen LogP contribution is -1.95. The molecular weight excluding hydrogens is 213 g/mol. The summed E-state index contributed by atoms with van der Waals surface area (Å²) in [7, 11) is 0. The van der Waals surface area contributed by atoms with Gasteiger partial charge in [-0.05, 0) is 43.3 Å². The van der Waals surface area contributed by atoms with Crippen LogP contribution in [-0.2, 0) is 0 Å². The van der Waals surface area contributed by atoms with Crippen molar-refractivity contribution < 1.29 is 4.39 Å². The highest BCUT2D eigenvalue weighted by Crippen LogP contribution is 2.23. The Labute approximate surface area is 99.1 Å². The Balaban J connectivity index is 2.29. The highest BCUT2D eigenvalue weighted by atomic mass is 19.1. The number of hydrogen-bond acceptors (Lipinski definition) is 0. The van der Waals surface area contributed by atoms with Crippen LogP contribution in [0, 0.1) is 12.7 Å². The largest absolute Gasteiger partial charge is 0.314 e. The van der Waals surface area contributed by atoms with Gasteiger partial charge in [0.25, 0.3) is 0 Å². The number of fused-ring (bicyclic) bond motifs is 1. The second kappa shape index (κ2) is 3.74. The molecule has 3 aromatic rings.